The van der Waals surface area contributed by atoms with Crippen molar-refractivity contribution >= 4 is 23.5 Å². The molecule has 120 valence electrons. The van der Waals surface area contributed by atoms with Crippen molar-refractivity contribution in [1.29, 1.82) is 0 Å². The van der Waals surface area contributed by atoms with Crippen LogP contribution in [0, 0.1) is 0 Å². The second-order valence-corrected chi connectivity index (χ2v) is 5.19. The van der Waals surface area contributed by atoms with E-state index in [-0.39, 0.29) is 13.0 Å². The van der Waals surface area contributed by atoms with Gasteiger partial charge in [-0.3, -0.25) is 4.79 Å². The van der Waals surface area contributed by atoms with Crippen LogP contribution in [0.3, 0.4) is 0 Å². The third kappa shape index (κ3) is 5.00. The van der Waals surface area contributed by atoms with E-state index in [1.54, 1.807) is 54.6 Å². The van der Waals surface area contributed by atoms with Gasteiger partial charge in [-0.05, 0) is 17.7 Å². The summed E-state index contributed by atoms with van der Waals surface area (Å²) < 4.78 is 5.41. The molecule has 0 fully saturated rings. The van der Waals surface area contributed by atoms with E-state index in [0.29, 0.717) is 16.3 Å². The number of ether oxygens (including phenoxy) is 1. The minimum Gasteiger partial charge on any atom is -0.491 e. The summed E-state index contributed by atoms with van der Waals surface area (Å²) in [5.41, 5.74) is 0.514. The Labute approximate surface area is 138 Å². The predicted molar refractivity (Wildman–Crippen MR) is 86.5 cm³/mol. The molecule has 0 heterocycles. The zero-order chi connectivity index (χ0) is 16.7. The SMILES string of the molecule is O=C(CCOc1ccccc1Cl)N[C@H](C(=O)O)c1ccccc1. The summed E-state index contributed by atoms with van der Waals surface area (Å²) in [4.78, 5) is 23.2. The number of amides is 1. The van der Waals surface area contributed by atoms with Crippen molar-refractivity contribution in [1.82, 2.24) is 5.32 Å². The molecule has 1 atom stereocenters. The fourth-order valence-electron chi connectivity index (χ4n) is 1.98. The van der Waals surface area contributed by atoms with Gasteiger partial charge < -0.3 is 15.2 Å². The van der Waals surface area contributed by atoms with Gasteiger partial charge in [-0.25, -0.2) is 4.79 Å². The Kier molecular flexibility index (Phi) is 6.00. The molecule has 0 radical (unpaired) electrons. The number of aliphatic carboxylic acids is 1. The van der Waals surface area contributed by atoms with Crippen LogP contribution >= 0.6 is 11.6 Å². The first-order valence-corrected chi connectivity index (χ1v) is 7.40. The molecule has 0 aliphatic rings. The van der Waals surface area contributed by atoms with Crippen LogP contribution in [-0.4, -0.2) is 23.6 Å². The van der Waals surface area contributed by atoms with Crippen molar-refractivity contribution in [3.63, 3.8) is 0 Å². The largest absolute Gasteiger partial charge is 0.491 e. The number of carbonyl (C=O) groups excluding carboxylic acids is 1. The summed E-state index contributed by atoms with van der Waals surface area (Å²) in [6.07, 6.45) is 0.0296. The number of rotatable bonds is 7. The summed E-state index contributed by atoms with van der Waals surface area (Å²) in [6, 6.07) is 14.4. The fraction of sp³-hybridized carbons (Fsp3) is 0.176. The number of carboxylic acid groups (broad SMARTS) is 1. The van der Waals surface area contributed by atoms with Crippen LogP contribution in [-0.2, 0) is 9.59 Å². The van der Waals surface area contributed by atoms with E-state index in [1.807, 2.05) is 0 Å². The van der Waals surface area contributed by atoms with Gasteiger partial charge in [-0.1, -0.05) is 54.1 Å². The van der Waals surface area contributed by atoms with Gasteiger partial charge in [0.2, 0.25) is 5.91 Å². The Morgan fingerprint density at radius 3 is 2.39 bits per heavy atom. The molecule has 2 aromatic carbocycles. The molecular weight excluding hydrogens is 318 g/mol. The topological polar surface area (TPSA) is 75.6 Å². The van der Waals surface area contributed by atoms with Gasteiger partial charge >= 0.3 is 5.97 Å². The molecule has 0 saturated carbocycles. The molecular formula is C17H16ClNO4. The lowest BCUT2D eigenvalue weighted by Crippen LogP contribution is -2.34. The summed E-state index contributed by atoms with van der Waals surface area (Å²) in [5, 5.41) is 12.2. The highest BCUT2D eigenvalue weighted by Crippen LogP contribution is 2.23. The van der Waals surface area contributed by atoms with Gasteiger partial charge in [0.25, 0.3) is 0 Å². The Balaban J connectivity index is 1.88. The number of carbonyl (C=O) groups is 2. The van der Waals surface area contributed by atoms with Crippen LogP contribution in [0.4, 0.5) is 0 Å². The second kappa shape index (κ2) is 8.19. The quantitative estimate of drug-likeness (QED) is 0.816. The van der Waals surface area contributed by atoms with Crippen molar-refractivity contribution in [3.8, 4) is 5.75 Å². The van der Waals surface area contributed by atoms with E-state index < -0.39 is 17.9 Å². The molecule has 2 aromatic rings. The highest BCUT2D eigenvalue weighted by Gasteiger charge is 2.21. The number of nitrogens with one attached hydrogen (secondary N) is 1. The molecule has 1 amide bonds. The molecule has 0 spiro atoms. The van der Waals surface area contributed by atoms with Gasteiger partial charge in [0.1, 0.15) is 5.75 Å². The molecule has 0 bridgehead atoms. The van der Waals surface area contributed by atoms with Gasteiger partial charge in [-0.15, -0.1) is 0 Å². The molecule has 5 nitrogen and oxygen atoms in total. The fourth-order valence-corrected chi connectivity index (χ4v) is 2.17. The lowest BCUT2D eigenvalue weighted by atomic mass is 10.1. The van der Waals surface area contributed by atoms with Crippen molar-refractivity contribution < 1.29 is 19.4 Å². The summed E-state index contributed by atoms with van der Waals surface area (Å²) >= 11 is 5.94. The van der Waals surface area contributed by atoms with Crippen molar-refractivity contribution in [2.24, 2.45) is 0 Å². The number of halogens is 1. The first-order chi connectivity index (χ1) is 11.1. The van der Waals surface area contributed by atoms with E-state index in [0.717, 1.165) is 0 Å². The molecule has 6 heteroatoms. The van der Waals surface area contributed by atoms with E-state index in [1.165, 1.54) is 0 Å². The van der Waals surface area contributed by atoms with Gasteiger partial charge in [-0.2, -0.15) is 0 Å². The van der Waals surface area contributed by atoms with E-state index >= 15 is 0 Å². The lowest BCUT2D eigenvalue weighted by molar-refractivity contribution is -0.142. The Morgan fingerprint density at radius 1 is 1.09 bits per heavy atom. The van der Waals surface area contributed by atoms with E-state index in [4.69, 9.17) is 16.3 Å². The molecule has 2 N–H and O–H groups in total. The average Bonchev–Trinajstić information content (AvgIpc) is 2.55. The van der Waals surface area contributed by atoms with Crippen LogP contribution in [0.15, 0.2) is 54.6 Å². The molecule has 23 heavy (non-hydrogen) atoms. The standard InChI is InChI=1S/C17H16ClNO4/c18-13-8-4-5-9-14(13)23-11-10-15(20)19-16(17(21)22)12-6-2-1-3-7-12/h1-9,16H,10-11H2,(H,19,20)(H,21,22)/t16-/m0/s1. The minimum absolute atomic E-state index is 0.0296. The molecule has 0 aromatic heterocycles. The zero-order valence-corrected chi connectivity index (χ0v) is 13.0. The van der Waals surface area contributed by atoms with Crippen molar-refractivity contribution in [2.75, 3.05) is 6.61 Å². The van der Waals surface area contributed by atoms with Crippen LogP contribution in [0.1, 0.15) is 18.0 Å². The van der Waals surface area contributed by atoms with Crippen molar-refractivity contribution in [2.45, 2.75) is 12.5 Å². The van der Waals surface area contributed by atoms with Crippen LogP contribution < -0.4 is 10.1 Å². The Bertz CT molecular complexity index is 675. The zero-order valence-electron chi connectivity index (χ0n) is 12.2. The highest BCUT2D eigenvalue weighted by molar-refractivity contribution is 6.32. The average molecular weight is 334 g/mol. The maximum absolute atomic E-state index is 11.9. The lowest BCUT2D eigenvalue weighted by Gasteiger charge is -2.15. The first-order valence-electron chi connectivity index (χ1n) is 7.02. The highest BCUT2D eigenvalue weighted by atomic mass is 35.5. The third-order valence-electron chi connectivity index (χ3n) is 3.11. The summed E-state index contributed by atoms with van der Waals surface area (Å²) in [7, 11) is 0. The normalized spacial score (nSPS) is 11.5. The number of carboxylic acids is 1. The number of benzene rings is 2. The van der Waals surface area contributed by atoms with Crippen molar-refractivity contribution in [3.05, 3.63) is 65.2 Å². The first kappa shape index (κ1) is 16.8. The molecule has 2 rings (SSSR count). The van der Waals surface area contributed by atoms with Gasteiger partial charge in [0.15, 0.2) is 6.04 Å². The summed E-state index contributed by atoms with van der Waals surface area (Å²) in [5.74, 6) is -1.04. The van der Waals surface area contributed by atoms with Gasteiger partial charge in [0.05, 0.1) is 18.1 Å². The molecule has 0 saturated heterocycles. The Morgan fingerprint density at radius 2 is 1.74 bits per heavy atom. The van der Waals surface area contributed by atoms with E-state index in [2.05, 4.69) is 5.32 Å². The predicted octanol–water partition coefficient (Wildman–Crippen LogP) is 3.05. The summed E-state index contributed by atoms with van der Waals surface area (Å²) in [6.45, 7) is 0.108. The number of para-hydroxylation sites is 1. The molecule has 0 aliphatic heterocycles. The van der Waals surface area contributed by atoms with Crippen LogP contribution in [0.25, 0.3) is 0 Å². The maximum Gasteiger partial charge on any atom is 0.330 e. The third-order valence-corrected chi connectivity index (χ3v) is 3.42. The van der Waals surface area contributed by atoms with Crippen LogP contribution in [0.5, 0.6) is 5.75 Å². The monoisotopic (exact) mass is 333 g/mol. The number of hydrogen-bond donors (Lipinski definition) is 2. The minimum atomic E-state index is -1.11. The molecule has 0 unspecified atom stereocenters. The second-order valence-electron chi connectivity index (χ2n) is 4.78. The van der Waals surface area contributed by atoms with Gasteiger partial charge in [0, 0.05) is 0 Å². The van der Waals surface area contributed by atoms with Crippen LogP contribution in [0.2, 0.25) is 5.02 Å². The smallest absolute Gasteiger partial charge is 0.330 e. The maximum atomic E-state index is 11.9. The Hall–Kier alpha value is -2.53. The number of hydrogen-bond acceptors (Lipinski definition) is 3. The molecule has 0 aliphatic carbocycles. The van der Waals surface area contributed by atoms with E-state index in [9.17, 15) is 14.7 Å².